The molecule has 1 saturated heterocycles. The normalized spacial score (nSPS) is 23.5. The molecule has 3 unspecified atom stereocenters. The highest BCUT2D eigenvalue weighted by Gasteiger charge is 2.29. The molecule has 0 radical (unpaired) electrons. The molecule has 4 nitrogen and oxygen atoms in total. The lowest BCUT2D eigenvalue weighted by atomic mass is 10.00. The lowest BCUT2D eigenvalue weighted by Gasteiger charge is -2.39. The summed E-state index contributed by atoms with van der Waals surface area (Å²) in [5, 5.41) is 10.1. The van der Waals surface area contributed by atoms with E-state index in [1.54, 1.807) is 6.07 Å². The minimum atomic E-state index is 0.0198. The van der Waals surface area contributed by atoms with E-state index in [-0.39, 0.29) is 18.2 Å². The van der Waals surface area contributed by atoms with Crippen LogP contribution in [0.1, 0.15) is 31.9 Å². The average molecular weight is 343 g/mol. The molecule has 0 aliphatic carbocycles. The van der Waals surface area contributed by atoms with Crippen molar-refractivity contribution in [2.45, 2.75) is 38.5 Å². The first-order valence-electron chi connectivity index (χ1n) is 7.12. The summed E-state index contributed by atoms with van der Waals surface area (Å²) in [5.74, 6) is 0.351. The molecule has 3 N–H and O–H groups in total. The molecule has 1 aromatic rings. The van der Waals surface area contributed by atoms with Gasteiger partial charge in [-0.2, -0.15) is 0 Å². The van der Waals surface area contributed by atoms with Gasteiger partial charge in [-0.25, -0.2) is 0 Å². The molecule has 0 saturated carbocycles. The highest BCUT2D eigenvalue weighted by atomic mass is 79.9. The zero-order valence-electron chi connectivity index (χ0n) is 12.1. The van der Waals surface area contributed by atoms with Gasteiger partial charge in [-0.15, -0.1) is 0 Å². The fourth-order valence-corrected chi connectivity index (χ4v) is 3.14. The first-order chi connectivity index (χ1) is 9.52. The molecule has 0 aromatic heterocycles. The number of benzene rings is 1. The summed E-state index contributed by atoms with van der Waals surface area (Å²) < 4.78 is 6.70. The third-order valence-corrected chi connectivity index (χ3v) is 4.38. The standard InChI is InChI=1S/C15H23BrN2O2/c1-3-13(12-8-11(16)4-5-14(12)19)18-6-7-20-15(9-18)10(2)17/h4-5,8,10,13,15,19H,3,6-7,9,17H2,1-2H3. The summed E-state index contributed by atoms with van der Waals surface area (Å²) in [5.41, 5.74) is 6.92. The molecule has 5 heteroatoms. The molecule has 1 fully saturated rings. The van der Waals surface area contributed by atoms with Crippen molar-refractivity contribution in [1.82, 2.24) is 4.90 Å². The number of morpholine rings is 1. The number of aromatic hydroxyl groups is 1. The molecule has 20 heavy (non-hydrogen) atoms. The first-order valence-corrected chi connectivity index (χ1v) is 7.91. The van der Waals surface area contributed by atoms with E-state index in [2.05, 4.69) is 27.8 Å². The molecule has 3 atom stereocenters. The van der Waals surface area contributed by atoms with Gasteiger partial charge in [0.2, 0.25) is 0 Å². The van der Waals surface area contributed by atoms with Crippen LogP contribution in [-0.4, -0.2) is 41.8 Å². The van der Waals surface area contributed by atoms with Crippen molar-refractivity contribution in [3.63, 3.8) is 0 Å². The third-order valence-electron chi connectivity index (χ3n) is 3.89. The summed E-state index contributed by atoms with van der Waals surface area (Å²) >= 11 is 3.48. The van der Waals surface area contributed by atoms with E-state index >= 15 is 0 Å². The predicted molar refractivity (Wildman–Crippen MR) is 83.8 cm³/mol. The van der Waals surface area contributed by atoms with E-state index in [4.69, 9.17) is 10.5 Å². The number of nitrogens with zero attached hydrogens (tertiary/aromatic N) is 1. The predicted octanol–water partition coefficient (Wildman–Crippen LogP) is 2.65. The second-order valence-corrected chi connectivity index (χ2v) is 6.31. The number of phenolic OH excluding ortho intramolecular Hbond substituents is 1. The van der Waals surface area contributed by atoms with Gasteiger partial charge in [-0.05, 0) is 31.5 Å². The van der Waals surface area contributed by atoms with E-state index in [1.165, 1.54) is 0 Å². The van der Waals surface area contributed by atoms with Crippen LogP contribution in [0.5, 0.6) is 5.75 Å². The molecule has 0 spiro atoms. The number of phenols is 1. The molecule has 1 aromatic carbocycles. The van der Waals surface area contributed by atoms with Gasteiger partial charge in [-0.3, -0.25) is 4.90 Å². The Kier molecular flexibility index (Phi) is 5.43. The van der Waals surface area contributed by atoms with Crippen LogP contribution < -0.4 is 5.73 Å². The number of nitrogens with two attached hydrogens (primary N) is 1. The highest BCUT2D eigenvalue weighted by molar-refractivity contribution is 9.10. The highest BCUT2D eigenvalue weighted by Crippen LogP contribution is 2.34. The Morgan fingerprint density at radius 3 is 2.95 bits per heavy atom. The lowest BCUT2D eigenvalue weighted by Crippen LogP contribution is -2.50. The summed E-state index contributed by atoms with van der Waals surface area (Å²) in [6, 6.07) is 5.81. The molecule has 0 amide bonds. The van der Waals surface area contributed by atoms with Crippen LogP contribution in [0.4, 0.5) is 0 Å². The van der Waals surface area contributed by atoms with Crippen molar-refractivity contribution >= 4 is 15.9 Å². The first kappa shape index (κ1) is 15.8. The van der Waals surface area contributed by atoms with E-state index in [0.717, 1.165) is 29.5 Å². The average Bonchev–Trinajstić information content (AvgIpc) is 2.44. The molecule has 1 aliphatic rings. The van der Waals surface area contributed by atoms with E-state index in [0.29, 0.717) is 12.4 Å². The van der Waals surface area contributed by atoms with Crippen molar-refractivity contribution in [3.8, 4) is 5.75 Å². The second kappa shape index (κ2) is 6.89. The summed E-state index contributed by atoms with van der Waals surface area (Å²) in [4.78, 5) is 2.36. The third kappa shape index (κ3) is 3.52. The molecule has 1 aliphatic heterocycles. The van der Waals surface area contributed by atoms with Gasteiger partial charge < -0.3 is 15.6 Å². The number of rotatable bonds is 4. The quantitative estimate of drug-likeness (QED) is 0.883. The summed E-state index contributed by atoms with van der Waals surface area (Å²) in [6.07, 6.45) is 1.00. The van der Waals surface area contributed by atoms with Crippen LogP contribution >= 0.6 is 15.9 Å². The van der Waals surface area contributed by atoms with Crippen LogP contribution in [0, 0.1) is 0 Å². The van der Waals surface area contributed by atoms with Crippen LogP contribution in [0.2, 0.25) is 0 Å². The second-order valence-electron chi connectivity index (χ2n) is 5.39. The fourth-order valence-electron chi connectivity index (χ4n) is 2.76. The fraction of sp³-hybridized carbons (Fsp3) is 0.600. The van der Waals surface area contributed by atoms with Crippen LogP contribution in [0.3, 0.4) is 0 Å². The Bertz CT molecular complexity index is 453. The Labute approximate surface area is 129 Å². The summed E-state index contributed by atoms with van der Waals surface area (Å²) in [7, 11) is 0. The van der Waals surface area contributed by atoms with Gasteiger partial charge in [0.25, 0.3) is 0 Å². The van der Waals surface area contributed by atoms with Crippen molar-refractivity contribution in [2.24, 2.45) is 5.73 Å². The van der Waals surface area contributed by atoms with Crippen molar-refractivity contribution in [3.05, 3.63) is 28.2 Å². The van der Waals surface area contributed by atoms with Gasteiger partial charge in [0.15, 0.2) is 0 Å². The zero-order valence-corrected chi connectivity index (χ0v) is 13.6. The monoisotopic (exact) mass is 342 g/mol. The zero-order chi connectivity index (χ0) is 14.7. The minimum Gasteiger partial charge on any atom is -0.508 e. The molecule has 112 valence electrons. The smallest absolute Gasteiger partial charge is 0.120 e. The lowest BCUT2D eigenvalue weighted by molar-refractivity contribution is -0.0529. The minimum absolute atomic E-state index is 0.0198. The van der Waals surface area contributed by atoms with Crippen molar-refractivity contribution < 1.29 is 9.84 Å². The molecule has 0 bridgehead atoms. The van der Waals surface area contributed by atoms with Gasteiger partial charge in [0, 0.05) is 35.2 Å². The van der Waals surface area contributed by atoms with Crippen LogP contribution in [-0.2, 0) is 4.74 Å². The number of hydrogen-bond donors (Lipinski definition) is 2. The Morgan fingerprint density at radius 1 is 1.55 bits per heavy atom. The maximum Gasteiger partial charge on any atom is 0.120 e. The maximum atomic E-state index is 10.1. The number of halogens is 1. The number of ether oxygens (including phenoxy) is 1. The largest absolute Gasteiger partial charge is 0.508 e. The van der Waals surface area contributed by atoms with Gasteiger partial charge in [-0.1, -0.05) is 22.9 Å². The van der Waals surface area contributed by atoms with Gasteiger partial charge in [0.05, 0.1) is 12.7 Å². The van der Waals surface area contributed by atoms with Crippen LogP contribution in [0.25, 0.3) is 0 Å². The van der Waals surface area contributed by atoms with Gasteiger partial charge in [0.1, 0.15) is 5.75 Å². The number of hydrogen-bond acceptors (Lipinski definition) is 4. The van der Waals surface area contributed by atoms with Crippen LogP contribution in [0.15, 0.2) is 22.7 Å². The SMILES string of the molecule is CCC(c1cc(Br)ccc1O)N1CCOC(C(C)N)C1. The summed E-state index contributed by atoms with van der Waals surface area (Å²) in [6.45, 7) is 6.49. The maximum absolute atomic E-state index is 10.1. The van der Waals surface area contributed by atoms with E-state index in [9.17, 15) is 5.11 Å². The van der Waals surface area contributed by atoms with Gasteiger partial charge >= 0.3 is 0 Å². The molecular formula is C15H23BrN2O2. The molecule has 1 heterocycles. The topological polar surface area (TPSA) is 58.7 Å². The molecule has 2 rings (SSSR count). The Balaban J connectivity index is 2.21. The van der Waals surface area contributed by atoms with Crippen molar-refractivity contribution in [1.29, 1.82) is 0 Å². The van der Waals surface area contributed by atoms with E-state index in [1.807, 2.05) is 19.1 Å². The van der Waals surface area contributed by atoms with Crippen molar-refractivity contribution in [2.75, 3.05) is 19.7 Å². The Morgan fingerprint density at radius 2 is 2.30 bits per heavy atom. The molecular weight excluding hydrogens is 320 g/mol. The Hall–Kier alpha value is -0.620. The van der Waals surface area contributed by atoms with E-state index < -0.39 is 0 Å².